The summed E-state index contributed by atoms with van der Waals surface area (Å²) in [4.78, 5) is 5.05. The Bertz CT molecular complexity index is 474. The number of benzene rings is 1. The van der Waals surface area contributed by atoms with Crippen LogP contribution in [-0.2, 0) is 0 Å². The Balaban J connectivity index is 1.62. The first-order valence-corrected chi connectivity index (χ1v) is 7.85. The fraction of sp³-hybridized carbons (Fsp3) is 0.647. The number of aliphatic hydroxyl groups is 1. The molecule has 2 heterocycles. The Morgan fingerprint density at radius 2 is 2.10 bits per heavy atom. The maximum atomic E-state index is 10.5. The molecular weight excluding hydrogens is 248 g/mol. The fourth-order valence-corrected chi connectivity index (χ4v) is 3.76. The van der Waals surface area contributed by atoms with E-state index in [9.17, 15) is 5.11 Å². The van der Waals surface area contributed by atoms with Crippen LogP contribution in [0.25, 0.3) is 0 Å². The molecule has 0 spiro atoms. The van der Waals surface area contributed by atoms with Crippen molar-refractivity contribution < 1.29 is 5.11 Å². The summed E-state index contributed by atoms with van der Waals surface area (Å²) in [6.45, 7) is 9.64. The van der Waals surface area contributed by atoms with Gasteiger partial charge in [-0.15, -0.1) is 0 Å². The zero-order valence-corrected chi connectivity index (χ0v) is 12.7. The number of aryl methyl sites for hydroxylation is 2. The molecule has 2 fully saturated rings. The van der Waals surface area contributed by atoms with Gasteiger partial charge in [0.15, 0.2) is 0 Å². The van der Waals surface area contributed by atoms with Gasteiger partial charge in [0.05, 0.1) is 6.10 Å². The van der Waals surface area contributed by atoms with Gasteiger partial charge < -0.3 is 5.11 Å². The lowest BCUT2D eigenvalue weighted by atomic mass is 10.0. The van der Waals surface area contributed by atoms with Crippen molar-refractivity contribution in [3.63, 3.8) is 0 Å². The van der Waals surface area contributed by atoms with Gasteiger partial charge in [-0.3, -0.25) is 9.80 Å². The average Bonchev–Trinajstić information content (AvgIpc) is 2.85. The van der Waals surface area contributed by atoms with E-state index in [1.165, 1.54) is 37.1 Å². The van der Waals surface area contributed by atoms with E-state index < -0.39 is 0 Å². The largest absolute Gasteiger partial charge is 0.387 e. The van der Waals surface area contributed by atoms with Gasteiger partial charge in [-0.25, -0.2) is 0 Å². The van der Waals surface area contributed by atoms with Crippen molar-refractivity contribution in [2.24, 2.45) is 0 Å². The van der Waals surface area contributed by atoms with Crippen molar-refractivity contribution in [1.82, 2.24) is 9.80 Å². The van der Waals surface area contributed by atoms with E-state index in [-0.39, 0.29) is 6.10 Å². The molecule has 3 nitrogen and oxygen atoms in total. The highest BCUT2D eigenvalue weighted by Crippen LogP contribution is 2.24. The fourth-order valence-electron chi connectivity index (χ4n) is 3.76. The van der Waals surface area contributed by atoms with Crippen molar-refractivity contribution in [3.8, 4) is 0 Å². The average molecular weight is 274 g/mol. The Hall–Kier alpha value is -0.900. The number of aliphatic hydroxyl groups excluding tert-OH is 1. The molecule has 2 saturated heterocycles. The second-order valence-electron chi connectivity index (χ2n) is 6.47. The van der Waals surface area contributed by atoms with Crippen LogP contribution >= 0.6 is 0 Å². The Labute approximate surface area is 122 Å². The minimum atomic E-state index is -0.358. The van der Waals surface area contributed by atoms with Crippen molar-refractivity contribution in [3.05, 3.63) is 34.9 Å². The predicted molar refractivity (Wildman–Crippen MR) is 81.9 cm³/mol. The van der Waals surface area contributed by atoms with Gasteiger partial charge in [0, 0.05) is 32.2 Å². The van der Waals surface area contributed by atoms with Crippen LogP contribution in [0.3, 0.4) is 0 Å². The number of fused-ring (bicyclic) bond motifs is 1. The Morgan fingerprint density at radius 1 is 1.25 bits per heavy atom. The zero-order chi connectivity index (χ0) is 14.1. The van der Waals surface area contributed by atoms with Crippen molar-refractivity contribution in [2.45, 2.75) is 38.8 Å². The topological polar surface area (TPSA) is 26.7 Å². The van der Waals surface area contributed by atoms with Crippen LogP contribution < -0.4 is 0 Å². The van der Waals surface area contributed by atoms with Gasteiger partial charge in [-0.2, -0.15) is 0 Å². The smallest absolute Gasteiger partial charge is 0.0919 e. The van der Waals surface area contributed by atoms with E-state index in [1.807, 2.05) is 0 Å². The molecule has 20 heavy (non-hydrogen) atoms. The number of nitrogens with zero attached hydrogens (tertiary/aromatic N) is 2. The molecule has 0 amide bonds. The van der Waals surface area contributed by atoms with Crippen LogP contribution in [0.15, 0.2) is 18.2 Å². The van der Waals surface area contributed by atoms with Gasteiger partial charge in [0.1, 0.15) is 0 Å². The molecule has 1 N–H and O–H groups in total. The number of piperazine rings is 1. The van der Waals surface area contributed by atoms with Crippen LogP contribution in [0.5, 0.6) is 0 Å². The summed E-state index contributed by atoms with van der Waals surface area (Å²) in [7, 11) is 0. The summed E-state index contributed by atoms with van der Waals surface area (Å²) in [5.74, 6) is 0. The molecule has 2 aliphatic rings. The highest BCUT2D eigenvalue weighted by Gasteiger charge is 2.31. The number of β-amino-alcohol motifs (C(OH)–C–C–N with tert-alkyl or cyclic N) is 1. The molecule has 1 aromatic rings. The van der Waals surface area contributed by atoms with Gasteiger partial charge in [-0.05, 0) is 44.4 Å². The molecule has 0 saturated carbocycles. The molecule has 0 aliphatic carbocycles. The summed E-state index contributed by atoms with van der Waals surface area (Å²) in [6, 6.07) is 7.07. The maximum Gasteiger partial charge on any atom is 0.0919 e. The van der Waals surface area contributed by atoms with E-state index in [1.54, 1.807) is 0 Å². The lowest BCUT2D eigenvalue weighted by molar-refractivity contribution is 0.0564. The van der Waals surface area contributed by atoms with Crippen LogP contribution in [-0.4, -0.2) is 53.7 Å². The Kier molecular flexibility index (Phi) is 4.11. The van der Waals surface area contributed by atoms with E-state index >= 15 is 0 Å². The van der Waals surface area contributed by atoms with Crippen LogP contribution in [0.4, 0.5) is 0 Å². The quantitative estimate of drug-likeness (QED) is 0.914. The van der Waals surface area contributed by atoms with Crippen molar-refractivity contribution >= 4 is 0 Å². The van der Waals surface area contributed by atoms with E-state index in [0.717, 1.165) is 31.2 Å². The van der Waals surface area contributed by atoms with Crippen LogP contribution in [0.2, 0.25) is 0 Å². The highest BCUT2D eigenvalue weighted by molar-refractivity contribution is 5.32. The number of rotatable bonds is 3. The molecule has 2 unspecified atom stereocenters. The summed E-state index contributed by atoms with van der Waals surface area (Å²) in [6.07, 6.45) is 2.32. The second kappa shape index (κ2) is 5.84. The van der Waals surface area contributed by atoms with E-state index in [2.05, 4.69) is 41.8 Å². The van der Waals surface area contributed by atoms with E-state index in [0.29, 0.717) is 0 Å². The first-order chi connectivity index (χ1) is 9.63. The predicted octanol–water partition coefficient (Wildman–Crippen LogP) is 2.12. The van der Waals surface area contributed by atoms with Crippen LogP contribution in [0.1, 0.15) is 35.6 Å². The standard InChI is InChI=1S/C17H26N2O/c1-13-5-6-16(14(2)10-13)17(20)12-18-8-9-19-7-3-4-15(19)11-18/h5-6,10,15,17,20H,3-4,7-9,11-12H2,1-2H3. The first-order valence-electron chi connectivity index (χ1n) is 7.85. The first kappa shape index (κ1) is 14.1. The number of hydrogen-bond donors (Lipinski definition) is 1. The third kappa shape index (κ3) is 2.90. The molecular formula is C17H26N2O. The minimum Gasteiger partial charge on any atom is -0.387 e. The van der Waals surface area contributed by atoms with Gasteiger partial charge in [0.2, 0.25) is 0 Å². The Morgan fingerprint density at radius 3 is 2.90 bits per heavy atom. The summed E-state index contributed by atoms with van der Waals surface area (Å²) in [5, 5.41) is 10.5. The molecule has 1 aromatic carbocycles. The van der Waals surface area contributed by atoms with Gasteiger partial charge in [-0.1, -0.05) is 23.8 Å². The molecule has 0 aromatic heterocycles. The molecule has 0 bridgehead atoms. The van der Waals surface area contributed by atoms with Crippen LogP contribution in [0, 0.1) is 13.8 Å². The third-order valence-corrected chi connectivity index (χ3v) is 4.89. The summed E-state index contributed by atoms with van der Waals surface area (Å²) < 4.78 is 0. The molecule has 2 aliphatic heterocycles. The van der Waals surface area contributed by atoms with Gasteiger partial charge in [0.25, 0.3) is 0 Å². The molecule has 2 atom stereocenters. The molecule has 3 heteroatoms. The van der Waals surface area contributed by atoms with Crippen molar-refractivity contribution in [1.29, 1.82) is 0 Å². The van der Waals surface area contributed by atoms with Crippen molar-refractivity contribution in [2.75, 3.05) is 32.7 Å². The maximum absolute atomic E-state index is 10.5. The zero-order valence-electron chi connectivity index (χ0n) is 12.7. The SMILES string of the molecule is Cc1ccc(C(O)CN2CCN3CCCC3C2)c(C)c1. The number of hydrogen-bond acceptors (Lipinski definition) is 3. The molecule has 3 rings (SSSR count). The highest BCUT2D eigenvalue weighted by atomic mass is 16.3. The second-order valence-corrected chi connectivity index (χ2v) is 6.47. The summed E-state index contributed by atoms with van der Waals surface area (Å²) in [5.41, 5.74) is 3.56. The van der Waals surface area contributed by atoms with Gasteiger partial charge >= 0.3 is 0 Å². The minimum absolute atomic E-state index is 0.358. The third-order valence-electron chi connectivity index (χ3n) is 4.89. The summed E-state index contributed by atoms with van der Waals surface area (Å²) >= 11 is 0. The molecule has 0 radical (unpaired) electrons. The molecule has 110 valence electrons. The van der Waals surface area contributed by atoms with E-state index in [4.69, 9.17) is 0 Å². The lowest BCUT2D eigenvalue weighted by Gasteiger charge is -2.38. The normalized spacial score (nSPS) is 25.6. The monoisotopic (exact) mass is 274 g/mol. The lowest BCUT2D eigenvalue weighted by Crippen LogP contribution is -2.50.